The second-order valence-corrected chi connectivity index (χ2v) is 2.60. The highest BCUT2D eigenvalue weighted by Crippen LogP contribution is 2.19. The summed E-state index contributed by atoms with van der Waals surface area (Å²) in [4.78, 5) is 3.50. The highest BCUT2D eigenvalue weighted by Gasteiger charge is 2.09. The highest BCUT2D eigenvalue weighted by atomic mass is 35.5. The first kappa shape index (κ1) is 9.16. The van der Waals surface area contributed by atoms with E-state index in [1.54, 1.807) is 0 Å². The van der Waals surface area contributed by atoms with Gasteiger partial charge in [0.05, 0.1) is 12.3 Å². The molecule has 0 aromatic carbocycles. The highest BCUT2D eigenvalue weighted by molar-refractivity contribution is 6.29. The maximum atomic E-state index is 12.9. The van der Waals surface area contributed by atoms with Crippen LogP contribution in [-0.4, -0.2) is 10.1 Å². The number of pyridine rings is 1. The van der Waals surface area contributed by atoms with Crippen LogP contribution in [0.2, 0.25) is 5.15 Å². The summed E-state index contributed by atoms with van der Waals surface area (Å²) in [5, 5.41) is 9.34. The van der Waals surface area contributed by atoms with E-state index in [1.165, 1.54) is 12.1 Å². The van der Waals surface area contributed by atoms with Gasteiger partial charge in [-0.3, -0.25) is 0 Å². The Balaban J connectivity index is 3.12. The van der Waals surface area contributed by atoms with Crippen LogP contribution in [0.15, 0.2) is 24.9 Å². The lowest BCUT2D eigenvalue weighted by molar-refractivity contribution is 0.223. The van der Waals surface area contributed by atoms with Crippen molar-refractivity contribution in [3.8, 4) is 0 Å². The molecule has 1 heterocycles. The number of aromatic nitrogens is 1. The molecule has 1 unspecified atom stereocenters. The lowest BCUT2D eigenvalue weighted by Gasteiger charge is -2.05. The molecule has 0 amide bonds. The van der Waals surface area contributed by atoms with Crippen molar-refractivity contribution in [1.82, 2.24) is 4.98 Å². The van der Waals surface area contributed by atoms with Crippen LogP contribution in [0.5, 0.6) is 0 Å². The smallest absolute Gasteiger partial charge is 0.147 e. The second-order valence-electron chi connectivity index (χ2n) is 2.21. The van der Waals surface area contributed by atoms with Crippen molar-refractivity contribution in [2.45, 2.75) is 6.10 Å². The average Bonchev–Trinajstić information content (AvgIpc) is 2.08. The molecule has 0 radical (unpaired) electrons. The quantitative estimate of drug-likeness (QED) is 0.568. The molecule has 2 nitrogen and oxygen atoms in total. The van der Waals surface area contributed by atoms with Crippen molar-refractivity contribution in [2.24, 2.45) is 0 Å². The maximum Gasteiger partial charge on any atom is 0.147 e. The fourth-order valence-corrected chi connectivity index (χ4v) is 0.947. The minimum absolute atomic E-state index is 0.0880. The van der Waals surface area contributed by atoms with E-state index in [-0.39, 0.29) is 10.7 Å². The predicted octanol–water partition coefficient (Wildman–Crippen LogP) is 2.09. The van der Waals surface area contributed by atoms with E-state index in [1.807, 2.05) is 0 Å². The zero-order valence-corrected chi connectivity index (χ0v) is 6.92. The third-order valence-corrected chi connectivity index (χ3v) is 1.60. The molecule has 0 bridgehead atoms. The number of hydrogen-bond donors (Lipinski definition) is 1. The average molecular weight is 188 g/mol. The topological polar surface area (TPSA) is 33.1 Å². The van der Waals surface area contributed by atoms with Crippen LogP contribution in [0, 0.1) is 5.82 Å². The molecule has 1 N–H and O–H groups in total. The minimum atomic E-state index is -1.04. The Hall–Kier alpha value is -0.930. The molecule has 12 heavy (non-hydrogen) atoms. The Morgan fingerprint density at radius 2 is 2.42 bits per heavy atom. The molecule has 0 fully saturated rings. The fourth-order valence-electron chi connectivity index (χ4n) is 0.781. The largest absolute Gasteiger partial charge is 0.384 e. The van der Waals surface area contributed by atoms with Gasteiger partial charge < -0.3 is 5.11 Å². The Morgan fingerprint density at radius 3 is 3.00 bits per heavy atom. The number of aliphatic hydroxyl groups is 1. The molecule has 0 aliphatic rings. The van der Waals surface area contributed by atoms with E-state index in [0.717, 1.165) is 6.20 Å². The Labute approximate surface area is 74.3 Å². The molecule has 0 aliphatic carbocycles. The number of rotatable bonds is 2. The Kier molecular flexibility index (Phi) is 2.78. The summed E-state index contributed by atoms with van der Waals surface area (Å²) in [5.41, 5.74) is 0.0880. The molecule has 4 heteroatoms. The summed E-state index contributed by atoms with van der Waals surface area (Å²) in [7, 11) is 0. The molecule has 0 aliphatic heterocycles. The Bertz CT molecular complexity index is 303. The second kappa shape index (κ2) is 3.65. The third-order valence-electron chi connectivity index (χ3n) is 1.39. The van der Waals surface area contributed by atoms with Crippen LogP contribution in [0.3, 0.4) is 0 Å². The lowest BCUT2D eigenvalue weighted by Crippen LogP contribution is -1.97. The third kappa shape index (κ3) is 1.81. The van der Waals surface area contributed by atoms with E-state index in [2.05, 4.69) is 11.6 Å². The van der Waals surface area contributed by atoms with E-state index in [0.29, 0.717) is 0 Å². The molecule has 1 aromatic heterocycles. The molecular formula is C8H7ClFNO. The zero-order valence-electron chi connectivity index (χ0n) is 6.17. The summed E-state index contributed by atoms with van der Waals surface area (Å²) in [6.45, 7) is 3.33. The zero-order chi connectivity index (χ0) is 9.14. The van der Waals surface area contributed by atoms with Crippen molar-refractivity contribution < 1.29 is 9.50 Å². The summed E-state index contributed by atoms with van der Waals surface area (Å²) in [6.07, 6.45) is 1.14. The van der Waals surface area contributed by atoms with Gasteiger partial charge in [0.1, 0.15) is 11.0 Å². The molecular weight excluding hydrogens is 181 g/mol. The molecule has 0 saturated carbocycles. The predicted molar refractivity (Wildman–Crippen MR) is 44.4 cm³/mol. The van der Waals surface area contributed by atoms with Crippen molar-refractivity contribution in [2.75, 3.05) is 0 Å². The molecule has 64 valence electrons. The van der Waals surface area contributed by atoms with Gasteiger partial charge in [0.15, 0.2) is 0 Å². The van der Waals surface area contributed by atoms with E-state index in [9.17, 15) is 9.50 Å². The minimum Gasteiger partial charge on any atom is -0.384 e. The summed E-state index contributed by atoms with van der Waals surface area (Å²) >= 11 is 5.49. The SMILES string of the molecule is C=CC(O)c1cc(Cl)ncc1F. The summed E-state index contributed by atoms with van der Waals surface area (Å²) in [5.74, 6) is -0.591. The monoisotopic (exact) mass is 187 g/mol. The summed E-state index contributed by atoms with van der Waals surface area (Å²) < 4.78 is 12.9. The van der Waals surface area contributed by atoms with Gasteiger partial charge in [0.25, 0.3) is 0 Å². The first-order chi connectivity index (χ1) is 5.65. The first-order valence-corrected chi connectivity index (χ1v) is 3.64. The van der Waals surface area contributed by atoms with E-state index >= 15 is 0 Å². The van der Waals surface area contributed by atoms with Gasteiger partial charge in [-0.25, -0.2) is 9.37 Å². The van der Waals surface area contributed by atoms with Crippen LogP contribution in [0.25, 0.3) is 0 Å². The van der Waals surface area contributed by atoms with Crippen LogP contribution >= 0.6 is 11.6 Å². The van der Waals surface area contributed by atoms with Crippen LogP contribution in [-0.2, 0) is 0 Å². The van der Waals surface area contributed by atoms with E-state index in [4.69, 9.17) is 11.6 Å². The number of nitrogens with zero attached hydrogens (tertiary/aromatic N) is 1. The number of hydrogen-bond acceptors (Lipinski definition) is 2. The molecule has 1 atom stereocenters. The van der Waals surface area contributed by atoms with Crippen molar-refractivity contribution in [3.63, 3.8) is 0 Å². The lowest BCUT2D eigenvalue weighted by atomic mass is 10.1. The van der Waals surface area contributed by atoms with Crippen molar-refractivity contribution in [1.29, 1.82) is 0 Å². The standard InChI is InChI=1S/C8H7ClFNO/c1-2-7(12)5-3-8(9)11-4-6(5)10/h2-4,7,12H,1H2. The Morgan fingerprint density at radius 1 is 1.75 bits per heavy atom. The van der Waals surface area contributed by atoms with Gasteiger partial charge in [-0.2, -0.15) is 0 Å². The van der Waals surface area contributed by atoms with Gasteiger partial charge in [-0.15, -0.1) is 6.58 Å². The number of aliphatic hydroxyl groups excluding tert-OH is 1. The van der Waals surface area contributed by atoms with Crippen LogP contribution in [0.4, 0.5) is 4.39 Å². The number of halogens is 2. The van der Waals surface area contributed by atoms with Gasteiger partial charge >= 0.3 is 0 Å². The van der Waals surface area contributed by atoms with Crippen molar-refractivity contribution >= 4 is 11.6 Å². The van der Waals surface area contributed by atoms with Gasteiger partial charge in [0, 0.05) is 5.56 Å². The first-order valence-electron chi connectivity index (χ1n) is 3.26. The molecule has 1 rings (SSSR count). The van der Waals surface area contributed by atoms with Crippen LogP contribution in [0.1, 0.15) is 11.7 Å². The van der Waals surface area contributed by atoms with E-state index < -0.39 is 11.9 Å². The van der Waals surface area contributed by atoms with Crippen LogP contribution < -0.4 is 0 Å². The summed E-state index contributed by atoms with van der Waals surface area (Å²) in [6, 6.07) is 1.27. The van der Waals surface area contributed by atoms with Gasteiger partial charge in [0.2, 0.25) is 0 Å². The molecule has 0 spiro atoms. The normalized spacial score (nSPS) is 12.6. The van der Waals surface area contributed by atoms with Crippen molar-refractivity contribution in [3.05, 3.63) is 41.5 Å². The van der Waals surface area contributed by atoms with Gasteiger partial charge in [-0.1, -0.05) is 17.7 Å². The molecule has 1 aromatic rings. The fraction of sp³-hybridized carbons (Fsp3) is 0.125. The molecule has 0 saturated heterocycles. The van der Waals surface area contributed by atoms with Gasteiger partial charge in [-0.05, 0) is 6.07 Å². The maximum absolute atomic E-state index is 12.9.